The molecule has 1 aromatic carbocycles. The van der Waals surface area contributed by atoms with E-state index in [1.54, 1.807) is 11.6 Å². The quantitative estimate of drug-likeness (QED) is 0.569. The van der Waals surface area contributed by atoms with Crippen LogP contribution in [0.2, 0.25) is 0 Å². The summed E-state index contributed by atoms with van der Waals surface area (Å²) in [5.74, 6) is -3.58. The number of fused-ring (bicyclic) bond motifs is 1. The van der Waals surface area contributed by atoms with Crippen LogP contribution in [0.5, 0.6) is 0 Å². The molecule has 0 saturated heterocycles. The van der Waals surface area contributed by atoms with E-state index in [9.17, 15) is 22.8 Å². The van der Waals surface area contributed by atoms with Crippen molar-refractivity contribution in [2.75, 3.05) is 0 Å². The number of halogens is 3. The van der Waals surface area contributed by atoms with Crippen LogP contribution < -0.4 is 5.56 Å². The second kappa shape index (κ2) is 8.29. The Morgan fingerprint density at radius 1 is 1.27 bits per heavy atom. The van der Waals surface area contributed by atoms with Gasteiger partial charge in [-0.1, -0.05) is 0 Å². The van der Waals surface area contributed by atoms with E-state index in [4.69, 9.17) is 0 Å². The summed E-state index contributed by atoms with van der Waals surface area (Å²) >= 11 is 1.33. The Labute approximate surface area is 174 Å². The minimum Gasteiger partial charge on any atom is -0.297 e. The maximum absolute atomic E-state index is 13.7. The Bertz CT molecular complexity index is 1100. The third-order valence-corrected chi connectivity index (χ3v) is 6.43. The van der Waals surface area contributed by atoms with Crippen molar-refractivity contribution < 1.29 is 18.0 Å². The number of ketones is 1. The van der Waals surface area contributed by atoms with Crippen LogP contribution in [0.15, 0.2) is 40.9 Å². The average molecular weight is 435 g/mol. The molecule has 1 aliphatic rings. The van der Waals surface area contributed by atoms with Crippen LogP contribution in [0.1, 0.15) is 43.2 Å². The normalized spacial score (nSPS) is 17.8. The predicted octanol–water partition coefficient (Wildman–Crippen LogP) is 4.56. The highest BCUT2D eigenvalue weighted by Gasteiger charge is 2.37. The number of hydrogen-bond donors (Lipinski definition) is 0. The molecule has 0 spiro atoms. The number of aromatic nitrogens is 3. The first kappa shape index (κ1) is 20.7. The van der Waals surface area contributed by atoms with Crippen molar-refractivity contribution in [3.63, 3.8) is 0 Å². The van der Waals surface area contributed by atoms with Gasteiger partial charge in [0.15, 0.2) is 5.78 Å². The molecule has 5 nitrogen and oxygen atoms in total. The maximum atomic E-state index is 13.7. The average Bonchev–Trinajstić information content (AvgIpc) is 3.21. The van der Waals surface area contributed by atoms with E-state index in [1.807, 2.05) is 0 Å². The molecular weight excluding hydrogens is 415 g/mol. The minimum absolute atomic E-state index is 0.0405. The van der Waals surface area contributed by atoms with E-state index < -0.39 is 23.3 Å². The number of rotatable bonds is 6. The molecule has 2 aromatic heterocycles. The van der Waals surface area contributed by atoms with Gasteiger partial charge in [0.1, 0.15) is 5.82 Å². The highest BCUT2D eigenvalue weighted by molar-refractivity contribution is 7.09. The summed E-state index contributed by atoms with van der Waals surface area (Å²) in [6, 6.07) is 2.86. The molecule has 9 heteroatoms. The van der Waals surface area contributed by atoms with Crippen molar-refractivity contribution >= 4 is 28.0 Å². The molecule has 2 heterocycles. The van der Waals surface area contributed by atoms with E-state index in [1.165, 1.54) is 34.4 Å². The summed E-state index contributed by atoms with van der Waals surface area (Å²) in [6.07, 6.45) is 3.34. The lowest BCUT2D eigenvalue weighted by Crippen LogP contribution is -2.34. The Morgan fingerprint density at radius 3 is 2.73 bits per heavy atom. The first-order chi connectivity index (χ1) is 14.3. The number of hydrogen-bond acceptors (Lipinski definition) is 5. The largest absolute Gasteiger partial charge is 0.297 e. The molecule has 1 aliphatic carbocycles. The Hall–Kier alpha value is -2.55. The van der Waals surface area contributed by atoms with Crippen molar-refractivity contribution in [3.05, 3.63) is 57.3 Å². The number of thiazole rings is 1. The van der Waals surface area contributed by atoms with E-state index >= 15 is 0 Å². The molecule has 0 bridgehead atoms. The summed E-state index contributed by atoms with van der Waals surface area (Å²) in [5, 5.41) is 2.46. The predicted molar refractivity (Wildman–Crippen MR) is 107 cm³/mol. The first-order valence-corrected chi connectivity index (χ1v) is 10.7. The lowest BCUT2D eigenvalue weighted by molar-refractivity contribution is -0.122. The van der Waals surface area contributed by atoms with E-state index in [0.29, 0.717) is 23.4 Å². The molecule has 1 fully saturated rings. The van der Waals surface area contributed by atoms with Gasteiger partial charge in [-0.2, -0.15) is 0 Å². The summed E-state index contributed by atoms with van der Waals surface area (Å²) < 4.78 is 42.0. The molecule has 0 N–H and O–H groups in total. The van der Waals surface area contributed by atoms with Gasteiger partial charge < -0.3 is 0 Å². The molecule has 0 radical (unpaired) electrons. The minimum atomic E-state index is -2.67. The standard InChI is InChI=1S/C21H20F3N3O2S/c22-14-1-2-16-15(10-14)20(29)27(12-26-16)17(18(28)11-19-25-7-8-30-19)9-13-3-5-21(23,24)6-4-13/h1-2,7-8,10,12-13,17H,3-6,9,11H2. The lowest BCUT2D eigenvalue weighted by atomic mass is 9.82. The third-order valence-electron chi connectivity index (χ3n) is 5.65. The molecule has 1 unspecified atom stereocenters. The fourth-order valence-electron chi connectivity index (χ4n) is 3.99. The van der Waals surface area contributed by atoms with Crippen LogP contribution in [0, 0.1) is 11.7 Å². The molecule has 1 saturated carbocycles. The zero-order chi connectivity index (χ0) is 21.3. The number of nitrogens with zero attached hydrogens (tertiary/aromatic N) is 3. The third kappa shape index (κ3) is 4.45. The zero-order valence-electron chi connectivity index (χ0n) is 16.1. The van der Waals surface area contributed by atoms with E-state index in [0.717, 1.165) is 6.07 Å². The highest BCUT2D eigenvalue weighted by atomic mass is 32.1. The Balaban J connectivity index is 1.67. The number of carbonyl (C=O) groups excluding carboxylic acids is 1. The summed E-state index contributed by atoms with van der Waals surface area (Å²) in [7, 11) is 0. The van der Waals surface area contributed by atoms with Gasteiger partial charge in [-0.05, 0) is 43.4 Å². The second-order valence-corrected chi connectivity index (χ2v) is 8.72. The summed E-state index contributed by atoms with van der Waals surface area (Å²) in [6.45, 7) is 0. The monoisotopic (exact) mass is 435 g/mol. The summed E-state index contributed by atoms with van der Waals surface area (Å²) in [4.78, 5) is 34.5. The molecule has 0 aliphatic heterocycles. The van der Waals surface area contributed by atoms with Gasteiger partial charge in [-0.15, -0.1) is 11.3 Å². The number of alkyl halides is 2. The van der Waals surface area contributed by atoms with Gasteiger partial charge in [-0.25, -0.2) is 23.1 Å². The van der Waals surface area contributed by atoms with Gasteiger partial charge in [0.25, 0.3) is 5.56 Å². The van der Waals surface area contributed by atoms with Gasteiger partial charge in [0.2, 0.25) is 5.92 Å². The number of benzene rings is 1. The SMILES string of the molecule is O=C(Cc1nccs1)C(CC1CCC(F)(F)CC1)n1cnc2ccc(F)cc2c1=O. The van der Waals surface area contributed by atoms with Crippen LogP contribution in [0.25, 0.3) is 10.9 Å². The van der Waals surface area contributed by atoms with Crippen molar-refractivity contribution in [1.82, 2.24) is 14.5 Å². The van der Waals surface area contributed by atoms with E-state index in [2.05, 4.69) is 9.97 Å². The van der Waals surface area contributed by atoms with Crippen LogP contribution in [-0.4, -0.2) is 26.2 Å². The Morgan fingerprint density at radius 2 is 2.03 bits per heavy atom. The van der Waals surface area contributed by atoms with Gasteiger partial charge in [0.05, 0.1) is 34.7 Å². The van der Waals surface area contributed by atoms with Crippen LogP contribution >= 0.6 is 11.3 Å². The molecule has 30 heavy (non-hydrogen) atoms. The van der Waals surface area contributed by atoms with Crippen LogP contribution in [-0.2, 0) is 11.2 Å². The van der Waals surface area contributed by atoms with Gasteiger partial charge >= 0.3 is 0 Å². The van der Waals surface area contributed by atoms with E-state index in [-0.39, 0.29) is 42.8 Å². The van der Waals surface area contributed by atoms with Crippen LogP contribution in [0.3, 0.4) is 0 Å². The zero-order valence-corrected chi connectivity index (χ0v) is 16.9. The fourth-order valence-corrected chi connectivity index (χ4v) is 4.61. The van der Waals surface area contributed by atoms with Crippen molar-refractivity contribution in [2.45, 2.75) is 50.5 Å². The molecule has 3 aromatic rings. The van der Waals surface area contributed by atoms with Crippen molar-refractivity contribution in [1.29, 1.82) is 0 Å². The van der Waals surface area contributed by atoms with Gasteiger partial charge in [-0.3, -0.25) is 14.2 Å². The van der Waals surface area contributed by atoms with Crippen LogP contribution in [0.4, 0.5) is 13.2 Å². The number of carbonyl (C=O) groups is 1. The second-order valence-electron chi connectivity index (χ2n) is 7.74. The topological polar surface area (TPSA) is 64.8 Å². The molecule has 158 valence electrons. The molecule has 0 amide bonds. The fraction of sp³-hybridized carbons (Fsp3) is 0.429. The molecule has 1 atom stereocenters. The molecule has 4 rings (SSSR count). The van der Waals surface area contributed by atoms with Crippen molar-refractivity contribution in [3.8, 4) is 0 Å². The lowest BCUT2D eigenvalue weighted by Gasteiger charge is -2.30. The van der Waals surface area contributed by atoms with Gasteiger partial charge in [0, 0.05) is 24.4 Å². The summed E-state index contributed by atoms with van der Waals surface area (Å²) in [5.41, 5.74) is -0.181. The number of Topliss-reactive ketones (excluding diaryl/α,β-unsaturated/α-hetero) is 1. The molecular formula is C21H20F3N3O2S. The van der Waals surface area contributed by atoms with Crippen molar-refractivity contribution in [2.24, 2.45) is 5.92 Å². The highest BCUT2D eigenvalue weighted by Crippen LogP contribution is 2.39. The first-order valence-electron chi connectivity index (χ1n) is 9.78. The maximum Gasteiger partial charge on any atom is 0.261 e. The Kier molecular flexibility index (Phi) is 5.73. The smallest absolute Gasteiger partial charge is 0.261 e.